The first-order valence-corrected chi connectivity index (χ1v) is 10.1. The molecule has 0 radical (unpaired) electrons. The number of hydrogen-bond acceptors (Lipinski definition) is 5. The van der Waals surface area contributed by atoms with Gasteiger partial charge in [0.25, 0.3) is 0 Å². The highest BCUT2D eigenvalue weighted by molar-refractivity contribution is 7.99. The summed E-state index contributed by atoms with van der Waals surface area (Å²) in [6.45, 7) is 4.90. The van der Waals surface area contributed by atoms with Crippen molar-refractivity contribution in [3.63, 3.8) is 0 Å². The molecule has 7 heteroatoms. The van der Waals surface area contributed by atoms with E-state index in [4.69, 9.17) is 0 Å². The van der Waals surface area contributed by atoms with Crippen molar-refractivity contribution in [1.82, 2.24) is 14.8 Å². The van der Waals surface area contributed by atoms with Gasteiger partial charge in [0.05, 0.1) is 10.6 Å². The summed E-state index contributed by atoms with van der Waals surface area (Å²) in [4.78, 5) is 13.4. The maximum Gasteiger partial charge on any atom is 0.234 e. The van der Waals surface area contributed by atoms with Crippen molar-refractivity contribution < 1.29 is 4.79 Å². The third-order valence-electron chi connectivity index (χ3n) is 3.78. The van der Waals surface area contributed by atoms with Crippen LogP contribution in [-0.4, -0.2) is 26.4 Å². The number of thiophene rings is 1. The summed E-state index contributed by atoms with van der Waals surface area (Å²) in [5.74, 6) is 1.13. The molecule has 5 nitrogen and oxygen atoms in total. The predicted molar refractivity (Wildman–Crippen MR) is 104 cm³/mol. The molecule has 0 aliphatic heterocycles. The molecular weight excluding hydrogens is 352 g/mol. The summed E-state index contributed by atoms with van der Waals surface area (Å²) in [5, 5.41) is 14.3. The third kappa shape index (κ3) is 4.11. The Bertz CT molecular complexity index is 843. The molecule has 1 aromatic carbocycles. The monoisotopic (exact) mass is 372 g/mol. The molecule has 0 atom stereocenters. The van der Waals surface area contributed by atoms with E-state index in [9.17, 15) is 4.79 Å². The summed E-state index contributed by atoms with van der Waals surface area (Å²) >= 11 is 3.05. The Kier molecular flexibility index (Phi) is 5.88. The number of aromatic nitrogens is 3. The van der Waals surface area contributed by atoms with Crippen LogP contribution in [0.15, 0.2) is 46.9 Å². The highest BCUT2D eigenvalue weighted by atomic mass is 32.2. The molecule has 1 amide bonds. The van der Waals surface area contributed by atoms with Gasteiger partial charge in [-0.25, -0.2) is 0 Å². The highest BCUT2D eigenvalue weighted by Gasteiger charge is 2.15. The van der Waals surface area contributed by atoms with Gasteiger partial charge < -0.3 is 9.88 Å². The minimum Gasteiger partial charge on any atom is -0.325 e. The number of carbonyl (C=O) groups excluding carboxylic acids is 1. The van der Waals surface area contributed by atoms with Gasteiger partial charge in [-0.3, -0.25) is 4.79 Å². The van der Waals surface area contributed by atoms with Crippen LogP contribution in [0.5, 0.6) is 0 Å². The molecule has 130 valence electrons. The first kappa shape index (κ1) is 17.7. The van der Waals surface area contributed by atoms with Crippen LogP contribution in [0, 0.1) is 0 Å². The average molecular weight is 373 g/mol. The van der Waals surface area contributed by atoms with Gasteiger partial charge in [0.1, 0.15) is 0 Å². The number of para-hydroxylation sites is 1. The zero-order chi connectivity index (χ0) is 17.6. The molecular formula is C18H20N4OS2. The van der Waals surface area contributed by atoms with Crippen LogP contribution in [-0.2, 0) is 17.8 Å². The Morgan fingerprint density at radius 3 is 2.76 bits per heavy atom. The van der Waals surface area contributed by atoms with Gasteiger partial charge in [-0.1, -0.05) is 43.0 Å². The Morgan fingerprint density at radius 2 is 2.04 bits per heavy atom. The smallest absolute Gasteiger partial charge is 0.234 e. The molecule has 0 fully saturated rings. The number of benzene rings is 1. The summed E-state index contributed by atoms with van der Waals surface area (Å²) < 4.78 is 2.05. The Balaban J connectivity index is 1.66. The van der Waals surface area contributed by atoms with Crippen LogP contribution in [0.1, 0.15) is 19.4 Å². The predicted octanol–water partition coefficient (Wildman–Crippen LogP) is 4.32. The van der Waals surface area contributed by atoms with Crippen LogP contribution < -0.4 is 5.32 Å². The van der Waals surface area contributed by atoms with Crippen molar-refractivity contribution in [3.8, 4) is 10.7 Å². The fourth-order valence-corrected chi connectivity index (χ4v) is 4.06. The molecule has 1 N–H and O–H groups in total. The van der Waals surface area contributed by atoms with Crippen molar-refractivity contribution in [1.29, 1.82) is 0 Å². The first-order valence-electron chi connectivity index (χ1n) is 8.20. The minimum atomic E-state index is -0.0331. The third-order valence-corrected chi connectivity index (χ3v) is 5.61. The maximum absolute atomic E-state index is 12.3. The average Bonchev–Trinajstić information content (AvgIpc) is 3.29. The quantitative estimate of drug-likeness (QED) is 0.628. The van der Waals surface area contributed by atoms with E-state index in [1.807, 2.05) is 46.3 Å². The lowest BCUT2D eigenvalue weighted by Gasteiger charge is -2.10. The molecule has 0 bridgehead atoms. The number of aryl methyl sites for hydroxylation is 1. The fourth-order valence-electron chi connectivity index (χ4n) is 2.54. The van der Waals surface area contributed by atoms with E-state index < -0.39 is 0 Å². The number of nitrogens with one attached hydrogen (secondary N) is 1. The number of amides is 1. The van der Waals surface area contributed by atoms with Crippen LogP contribution in [0.2, 0.25) is 0 Å². The topological polar surface area (TPSA) is 59.8 Å². The molecule has 2 heterocycles. The number of nitrogens with zero attached hydrogens (tertiary/aromatic N) is 3. The number of thioether (sulfide) groups is 1. The zero-order valence-corrected chi connectivity index (χ0v) is 15.9. The molecule has 2 aromatic heterocycles. The van der Waals surface area contributed by atoms with Crippen molar-refractivity contribution in [2.24, 2.45) is 0 Å². The molecule has 0 spiro atoms. The van der Waals surface area contributed by atoms with Crippen molar-refractivity contribution in [2.75, 3.05) is 11.1 Å². The van der Waals surface area contributed by atoms with Gasteiger partial charge in [0.2, 0.25) is 5.91 Å². The molecule has 3 aromatic rings. The van der Waals surface area contributed by atoms with Crippen LogP contribution in [0.25, 0.3) is 10.7 Å². The number of anilines is 1. The number of carbonyl (C=O) groups is 1. The zero-order valence-electron chi connectivity index (χ0n) is 14.2. The van der Waals surface area contributed by atoms with E-state index in [0.29, 0.717) is 5.75 Å². The molecule has 0 unspecified atom stereocenters. The Labute approximate surface area is 155 Å². The largest absolute Gasteiger partial charge is 0.325 e. The van der Waals surface area contributed by atoms with E-state index >= 15 is 0 Å². The van der Waals surface area contributed by atoms with Gasteiger partial charge >= 0.3 is 0 Å². The number of rotatable bonds is 7. The summed E-state index contributed by atoms with van der Waals surface area (Å²) in [6, 6.07) is 11.9. The molecule has 0 saturated carbocycles. The fraction of sp³-hybridized carbons (Fsp3) is 0.278. The van der Waals surface area contributed by atoms with E-state index in [1.54, 1.807) is 11.3 Å². The van der Waals surface area contributed by atoms with Crippen molar-refractivity contribution in [2.45, 2.75) is 32.0 Å². The standard InChI is InChI=1S/C18H20N4OS2/c1-3-13-8-5-6-9-14(13)19-16(23)12-25-18-21-20-17(22(18)4-2)15-10-7-11-24-15/h5-11H,3-4,12H2,1-2H3,(H,19,23). The van der Waals surface area contributed by atoms with E-state index in [-0.39, 0.29) is 5.91 Å². The van der Waals surface area contributed by atoms with E-state index in [0.717, 1.165) is 40.1 Å². The SMILES string of the molecule is CCc1ccccc1NC(=O)CSc1nnc(-c2cccs2)n1CC. The first-order chi connectivity index (χ1) is 12.2. The van der Waals surface area contributed by atoms with Gasteiger partial charge in [0.15, 0.2) is 11.0 Å². The van der Waals surface area contributed by atoms with Crippen molar-refractivity contribution in [3.05, 3.63) is 47.3 Å². The maximum atomic E-state index is 12.3. The molecule has 0 saturated heterocycles. The second kappa shape index (κ2) is 8.31. The second-order valence-electron chi connectivity index (χ2n) is 5.38. The van der Waals surface area contributed by atoms with Gasteiger partial charge in [-0.15, -0.1) is 21.5 Å². The minimum absolute atomic E-state index is 0.0331. The van der Waals surface area contributed by atoms with Gasteiger partial charge in [-0.2, -0.15) is 0 Å². The normalized spacial score (nSPS) is 10.8. The van der Waals surface area contributed by atoms with Crippen LogP contribution in [0.4, 0.5) is 5.69 Å². The highest BCUT2D eigenvalue weighted by Crippen LogP contribution is 2.27. The lowest BCUT2D eigenvalue weighted by molar-refractivity contribution is -0.113. The molecule has 25 heavy (non-hydrogen) atoms. The number of hydrogen-bond donors (Lipinski definition) is 1. The summed E-state index contributed by atoms with van der Waals surface area (Å²) in [5.41, 5.74) is 2.02. The van der Waals surface area contributed by atoms with Gasteiger partial charge in [-0.05, 0) is 36.4 Å². The van der Waals surface area contributed by atoms with E-state index in [2.05, 4.69) is 29.4 Å². The van der Waals surface area contributed by atoms with Crippen LogP contribution in [0.3, 0.4) is 0 Å². The lowest BCUT2D eigenvalue weighted by atomic mass is 10.1. The Hall–Kier alpha value is -2.12. The summed E-state index contributed by atoms with van der Waals surface area (Å²) in [7, 11) is 0. The lowest BCUT2D eigenvalue weighted by Crippen LogP contribution is -2.15. The summed E-state index contributed by atoms with van der Waals surface area (Å²) in [6.07, 6.45) is 0.887. The van der Waals surface area contributed by atoms with Crippen molar-refractivity contribution >= 4 is 34.7 Å². The molecule has 0 aliphatic rings. The molecule has 3 rings (SSSR count). The molecule has 0 aliphatic carbocycles. The van der Waals surface area contributed by atoms with E-state index in [1.165, 1.54) is 11.8 Å². The Morgan fingerprint density at radius 1 is 1.20 bits per heavy atom. The van der Waals surface area contributed by atoms with Crippen LogP contribution >= 0.6 is 23.1 Å². The van der Waals surface area contributed by atoms with Gasteiger partial charge in [0, 0.05) is 12.2 Å². The second-order valence-corrected chi connectivity index (χ2v) is 7.27.